The van der Waals surface area contributed by atoms with E-state index < -0.39 is 32.0 Å². The molecular weight excluding hydrogens is 571 g/mol. The first kappa shape index (κ1) is 29.5. The van der Waals surface area contributed by atoms with E-state index in [0.717, 1.165) is 53.6 Å². The van der Waals surface area contributed by atoms with Crippen molar-refractivity contribution in [2.45, 2.75) is 80.2 Å². The summed E-state index contributed by atoms with van der Waals surface area (Å²) in [6, 6.07) is 16.2. The van der Waals surface area contributed by atoms with Gasteiger partial charge >= 0.3 is 0 Å². The summed E-state index contributed by atoms with van der Waals surface area (Å²) in [6.07, 6.45) is 8.87. The molecule has 8 nitrogen and oxygen atoms in total. The van der Waals surface area contributed by atoms with E-state index in [-0.39, 0.29) is 22.9 Å². The number of rotatable bonds is 11. The summed E-state index contributed by atoms with van der Waals surface area (Å²) in [7, 11) is -7.50. The number of carbonyl (C=O) groups is 1. The fraction of sp³-hybridized carbons (Fsp3) is 0.531. The molecule has 2 unspecified atom stereocenters. The predicted octanol–water partition coefficient (Wildman–Crippen LogP) is 4.31. The molecule has 0 spiro atoms. The van der Waals surface area contributed by atoms with Crippen molar-refractivity contribution >= 4 is 26.0 Å². The number of nitrogens with zero attached hydrogens (tertiary/aromatic N) is 1. The number of carbonyl (C=O) groups excluding carboxylic acids is 1. The van der Waals surface area contributed by atoms with Crippen LogP contribution in [0.4, 0.5) is 0 Å². The van der Waals surface area contributed by atoms with Crippen molar-refractivity contribution in [2.24, 2.45) is 17.8 Å². The SMILES string of the molecule is C=CS(=O)(=O)NCC1CCCN1S(=O)(=O)c1ccc(C(Cc2ccccc2)C(=O)NC23CC4CC(CC(C4)C2)C3)cc1. The fourth-order valence-electron chi connectivity index (χ4n) is 8.43. The van der Waals surface area contributed by atoms with Gasteiger partial charge in [-0.25, -0.2) is 21.6 Å². The van der Waals surface area contributed by atoms with E-state index in [9.17, 15) is 21.6 Å². The molecule has 1 saturated heterocycles. The molecule has 0 aromatic heterocycles. The fourth-order valence-corrected chi connectivity index (χ4v) is 10.7. The third-order valence-corrected chi connectivity index (χ3v) is 13.0. The Morgan fingerprint density at radius 3 is 2.17 bits per heavy atom. The summed E-state index contributed by atoms with van der Waals surface area (Å²) in [5.41, 5.74) is 1.74. The molecule has 4 bridgehead atoms. The molecule has 7 rings (SSSR count). The van der Waals surface area contributed by atoms with E-state index in [1.807, 2.05) is 30.3 Å². The van der Waals surface area contributed by atoms with Crippen LogP contribution in [0.3, 0.4) is 0 Å². The van der Waals surface area contributed by atoms with Gasteiger partial charge in [0, 0.05) is 30.1 Å². The molecule has 42 heavy (non-hydrogen) atoms. The molecule has 10 heteroatoms. The lowest BCUT2D eigenvalue weighted by Gasteiger charge is -2.57. The van der Waals surface area contributed by atoms with E-state index in [1.54, 1.807) is 24.3 Å². The minimum atomic E-state index is -3.85. The number of hydrogen-bond acceptors (Lipinski definition) is 5. The second kappa shape index (κ2) is 11.5. The van der Waals surface area contributed by atoms with Crippen LogP contribution in [0.1, 0.15) is 68.4 Å². The van der Waals surface area contributed by atoms with Crippen LogP contribution in [0, 0.1) is 17.8 Å². The lowest BCUT2D eigenvalue weighted by Crippen LogP contribution is -2.60. The molecule has 1 heterocycles. The molecular formula is C32H41N3O5S2. The van der Waals surface area contributed by atoms with E-state index in [2.05, 4.69) is 16.6 Å². The van der Waals surface area contributed by atoms with Gasteiger partial charge in [0.25, 0.3) is 0 Å². The van der Waals surface area contributed by atoms with Gasteiger partial charge in [-0.3, -0.25) is 4.79 Å². The largest absolute Gasteiger partial charge is 0.350 e. The Labute approximate surface area is 250 Å². The van der Waals surface area contributed by atoms with Crippen LogP contribution in [0.15, 0.2) is 71.5 Å². The number of amides is 1. The Kier molecular flexibility index (Phi) is 8.10. The maximum Gasteiger partial charge on any atom is 0.243 e. The van der Waals surface area contributed by atoms with Crippen LogP contribution in [0.25, 0.3) is 0 Å². The number of nitrogens with one attached hydrogen (secondary N) is 2. The molecule has 0 radical (unpaired) electrons. The van der Waals surface area contributed by atoms with Crippen molar-refractivity contribution < 1.29 is 21.6 Å². The Morgan fingerprint density at radius 2 is 1.57 bits per heavy atom. The number of hydrogen-bond donors (Lipinski definition) is 2. The van der Waals surface area contributed by atoms with Gasteiger partial charge in [0.2, 0.25) is 26.0 Å². The van der Waals surface area contributed by atoms with Crippen LogP contribution in [0.5, 0.6) is 0 Å². The van der Waals surface area contributed by atoms with E-state index in [0.29, 0.717) is 25.8 Å². The van der Waals surface area contributed by atoms with Gasteiger partial charge in [0.15, 0.2) is 0 Å². The van der Waals surface area contributed by atoms with Crippen molar-refractivity contribution in [1.29, 1.82) is 0 Å². The molecule has 2 aromatic rings. The van der Waals surface area contributed by atoms with Crippen LogP contribution >= 0.6 is 0 Å². The number of benzene rings is 2. The zero-order chi connectivity index (χ0) is 29.5. The molecule has 4 saturated carbocycles. The minimum absolute atomic E-state index is 0.00465. The lowest BCUT2D eigenvalue weighted by molar-refractivity contribution is -0.128. The summed E-state index contributed by atoms with van der Waals surface area (Å²) in [6.45, 7) is 3.62. The maximum absolute atomic E-state index is 14.0. The monoisotopic (exact) mass is 611 g/mol. The van der Waals surface area contributed by atoms with Gasteiger partial charge in [0.05, 0.1) is 10.8 Å². The Morgan fingerprint density at radius 1 is 0.952 bits per heavy atom. The highest BCUT2D eigenvalue weighted by Gasteiger charge is 2.52. The molecule has 2 N–H and O–H groups in total. The first-order valence-electron chi connectivity index (χ1n) is 15.2. The van der Waals surface area contributed by atoms with Crippen molar-refractivity contribution in [2.75, 3.05) is 13.1 Å². The minimum Gasteiger partial charge on any atom is -0.350 e. The molecule has 226 valence electrons. The van der Waals surface area contributed by atoms with E-state index in [1.165, 1.54) is 23.6 Å². The van der Waals surface area contributed by atoms with Crippen molar-refractivity contribution in [3.63, 3.8) is 0 Å². The molecule has 1 aliphatic heterocycles. The van der Waals surface area contributed by atoms with E-state index in [4.69, 9.17) is 0 Å². The zero-order valence-electron chi connectivity index (χ0n) is 24.0. The second-order valence-corrected chi connectivity index (χ2v) is 16.6. The molecule has 2 aromatic carbocycles. The Balaban J connectivity index is 1.22. The zero-order valence-corrected chi connectivity index (χ0v) is 25.6. The molecule has 4 aliphatic carbocycles. The smallest absolute Gasteiger partial charge is 0.243 e. The second-order valence-electron chi connectivity index (χ2n) is 13.0. The first-order valence-corrected chi connectivity index (χ1v) is 18.1. The third-order valence-electron chi connectivity index (χ3n) is 9.98. The maximum atomic E-state index is 14.0. The standard InChI is InChI=1S/C32H41N3O5S2/c1-2-41(37,38)33-22-28-9-6-14-35(28)42(39,40)29-12-10-27(11-13-29)30(18-23-7-4-3-5-8-23)31(36)34-32-19-24-15-25(20-32)17-26(16-24)21-32/h2-5,7-8,10-13,24-26,28,30,33H,1,6,9,14-22H2,(H,34,36). The molecule has 5 fully saturated rings. The van der Waals surface area contributed by atoms with Crippen LogP contribution in [0.2, 0.25) is 0 Å². The highest BCUT2D eigenvalue weighted by Crippen LogP contribution is 2.55. The average Bonchev–Trinajstić information content (AvgIpc) is 3.44. The molecule has 2 atom stereocenters. The first-order chi connectivity index (χ1) is 20.1. The summed E-state index contributed by atoms with van der Waals surface area (Å²) in [4.78, 5) is 14.2. The summed E-state index contributed by atoms with van der Waals surface area (Å²) in [5, 5.41) is 4.37. The van der Waals surface area contributed by atoms with E-state index >= 15 is 0 Å². The van der Waals surface area contributed by atoms with Gasteiger partial charge in [0.1, 0.15) is 0 Å². The predicted molar refractivity (Wildman–Crippen MR) is 162 cm³/mol. The Hall–Kier alpha value is -2.53. The topological polar surface area (TPSA) is 113 Å². The Bertz CT molecular complexity index is 1490. The van der Waals surface area contributed by atoms with Gasteiger partial charge in [-0.2, -0.15) is 4.31 Å². The average molecular weight is 612 g/mol. The van der Waals surface area contributed by atoms with Crippen LogP contribution in [-0.2, 0) is 31.3 Å². The van der Waals surface area contributed by atoms with Gasteiger partial charge in [-0.1, -0.05) is 49.0 Å². The summed E-state index contributed by atoms with van der Waals surface area (Å²) < 4.78 is 54.7. The molecule has 1 amide bonds. The van der Waals surface area contributed by atoms with Crippen LogP contribution in [-0.4, -0.2) is 51.7 Å². The highest BCUT2D eigenvalue weighted by molar-refractivity contribution is 7.92. The van der Waals surface area contributed by atoms with Crippen molar-refractivity contribution in [3.8, 4) is 0 Å². The summed E-state index contributed by atoms with van der Waals surface area (Å²) >= 11 is 0. The number of sulfonamides is 2. The van der Waals surface area contributed by atoms with Gasteiger partial charge < -0.3 is 5.32 Å². The normalized spacial score (nSPS) is 29.8. The lowest BCUT2D eigenvalue weighted by atomic mass is 9.53. The third kappa shape index (κ3) is 6.09. The molecule has 5 aliphatic rings. The quantitative estimate of drug-likeness (QED) is 0.393. The summed E-state index contributed by atoms with van der Waals surface area (Å²) in [5.74, 6) is 1.73. The highest BCUT2D eigenvalue weighted by atomic mass is 32.2. The van der Waals surface area contributed by atoms with Crippen molar-refractivity contribution in [1.82, 2.24) is 14.3 Å². The van der Waals surface area contributed by atoms with Crippen LogP contribution < -0.4 is 10.0 Å². The van der Waals surface area contributed by atoms with Gasteiger partial charge in [-0.15, -0.1) is 0 Å². The van der Waals surface area contributed by atoms with Crippen molar-refractivity contribution in [3.05, 3.63) is 77.7 Å². The van der Waals surface area contributed by atoms with Gasteiger partial charge in [-0.05, 0) is 98.8 Å².